The molecular formula is C12H21N5O. The number of aromatic nitrogens is 2. The first kappa shape index (κ1) is 13.0. The Labute approximate surface area is 107 Å². The molecule has 2 rings (SSSR count). The molecule has 1 aliphatic heterocycles. The van der Waals surface area contributed by atoms with Crippen LogP contribution in [0.1, 0.15) is 26.1 Å². The Hall–Kier alpha value is -1.40. The van der Waals surface area contributed by atoms with E-state index in [4.69, 9.17) is 11.5 Å². The van der Waals surface area contributed by atoms with Crippen molar-refractivity contribution < 1.29 is 4.79 Å². The van der Waals surface area contributed by atoms with Crippen molar-refractivity contribution in [3.63, 3.8) is 0 Å². The van der Waals surface area contributed by atoms with Crippen LogP contribution in [0.5, 0.6) is 0 Å². The predicted octanol–water partition coefficient (Wildman–Crippen LogP) is -0.320. The highest BCUT2D eigenvalue weighted by molar-refractivity contribution is 5.83. The van der Waals surface area contributed by atoms with E-state index in [-0.39, 0.29) is 6.04 Å². The summed E-state index contributed by atoms with van der Waals surface area (Å²) >= 11 is 0. The van der Waals surface area contributed by atoms with Gasteiger partial charge in [0.05, 0.1) is 12.1 Å². The zero-order chi connectivity index (χ0) is 13.3. The van der Waals surface area contributed by atoms with E-state index < -0.39 is 11.4 Å². The zero-order valence-corrected chi connectivity index (χ0v) is 11.0. The molecule has 6 nitrogen and oxygen atoms in total. The SMILES string of the molecule is CC(CC(C)(N)C(N)=O)N1CCn2ccnc2C1. The van der Waals surface area contributed by atoms with Gasteiger partial charge in [-0.05, 0) is 20.3 Å². The average molecular weight is 251 g/mol. The van der Waals surface area contributed by atoms with E-state index in [1.54, 1.807) is 6.92 Å². The molecule has 1 aromatic heterocycles. The lowest BCUT2D eigenvalue weighted by Crippen LogP contribution is -2.54. The van der Waals surface area contributed by atoms with Gasteiger partial charge in [0.1, 0.15) is 5.82 Å². The van der Waals surface area contributed by atoms with Crippen LogP contribution in [0.2, 0.25) is 0 Å². The Kier molecular flexibility index (Phi) is 3.41. The number of carbonyl (C=O) groups is 1. The fourth-order valence-electron chi connectivity index (χ4n) is 2.41. The van der Waals surface area contributed by atoms with Crippen LogP contribution in [0.15, 0.2) is 12.4 Å². The molecule has 4 N–H and O–H groups in total. The Morgan fingerprint density at radius 2 is 2.33 bits per heavy atom. The summed E-state index contributed by atoms with van der Waals surface area (Å²) in [7, 11) is 0. The van der Waals surface area contributed by atoms with Gasteiger partial charge in [0, 0.05) is 31.5 Å². The molecule has 2 unspecified atom stereocenters. The molecular weight excluding hydrogens is 230 g/mol. The van der Waals surface area contributed by atoms with Crippen molar-refractivity contribution in [2.45, 2.75) is 44.9 Å². The van der Waals surface area contributed by atoms with E-state index >= 15 is 0 Å². The van der Waals surface area contributed by atoms with Gasteiger partial charge in [0.2, 0.25) is 5.91 Å². The molecule has 0 bridgehead atoms. The van der Waals surface area contributed by atoms with Gasteiger partial charge in [0.15, 0.2) is 0 Å². The molecule has 1 amide bonds. The fourth-order valence-corrected chi connectivity index (χ4v) is 2.41. The predicted molar refractivity (Wildman–Crippen MR) is 68.5 cm³/mol. The third kappa shape index (κ3) is 2.54. The van der Waals surface area contributed by atoms with Crippen molar-refractivity contribution in [1.29, 1.82) is 0 Å². The number of nitrogens with zero attached hydrogens (tertiary/aromatic N) is 3. The smallest absolute Gasteiger partial charge is 0.237 e. The second-order valence-corrected chi connectivity index (χ2v) is 5.34. The third-order valence-corrected chi connectivity index (χ3v) is 3.68. The Morgan fingerprint density at radius 3 is 3.00 bits per heavy atom. The van der Waals surface area contributed by atoms with E-state index in [0.717, 1.165) is 25.5 Å². The molecule has 2 heterocycles. The second-order valence-electron chi connectivity index (χ2n) is 5.34. The Balaban J connectivity index is 1.99. The van der Waals surface area contributed by atoms with Gasteiger partial charge in [-0.2, -0.15) is 0 Å². The number of hydrogen-bond donors (Lipinski definition) is 2. The van der Waals surface area contributed by atoms with Crippen LogP contribution in [-0.4, -0.2) is 38.5 Å². The molecule has 0 spiro atoms. The number of imidazole rings is 1. The highest BCUT2D eigenvalue weighted by Crippen LogP contribution is 2.18. The number of carbonyl (C=O) groups excluding carboxylic acids is 1. The van der Waals surface area contributed by atoms with E-state index in [1.165, 1.54) is 0 Å². The summed E-state index contributed by atoms with van der Waals surface area (Å²) in [6.07, 6.45) is 4.37. The van der Waals surface area contributed by atoms with Gasteiger partial charge in [0.25, 0.3) is 0 Å². The van der Waals surface area contributed by atoms with Crippen molar-refractivity contribution in [3.8, 4) is 0 Å². The summed E-state index contributed by atoms with van der Waals surface area (Å²) in [6, 6.07) is 0.206. The summed E-state index contributed by atoms with van der Waals surface area (Å²) in [5, 5.41) is 0. The maximum absolute atomic E-state index is 11.3. The summed E-state index contributed by atoms with van der Waals surface area (Å²) in [5.41, 5.74) is 10.3. The molecule has 0 fully saturated rings. The summed E-state index contributed by atoms with van der Waals surface area (Å²) in [6.45, 7) is 6.43. The lowest BCUT2D eigenvalue weighted by Gasteiger charge is -2.35. The summed E-state index contributed by atoms with van der Waals surface area (Å²) in [5.74, 6) is 0.610. The van der Waals surface area contributed by atoms with Crippen LogP contribution >= 0.6 is 0 Å². The average Bonchev–Trinajstić information content (AvgIpc) is 2.74. The molecule has 1 aliphatic rings. The highest BCUT2D eigenvalue weighted by atomic mass is 16.1. The summed E-state index contributed by atoms with van der Waals surface area (Å²) < 4.78 is 2.15. The fraction of sp³-hybridized carbons (Fsp3) is 0.667. The topological polar surface area (TPSA) is 90.2 Å². The molecule has 0 saturated heterocycles. The Bertz CT molecular complexity index is 439. The standard InChI is InChI=1S/C12H21N5O/c1-9(7-12(2,14)11(13)18)17-6-5-16-4-3-15-10(16)8-17/h3-4,9H,5-8,14H2,1-2H3,(H2,13,18). The maximum Gasteiger partial charge on any atom is 0.237 e. The number of hydrogen-bond acceptors (Lipinski definition) is 4. The van der Waals surface area contributed by atoms with Crippen molar-refractivity contribution in [3.05, 3.63) is 18.2 Å². The quantitative estimate of drug-likeness (QED) is 0.767. The summed E-state index contributed by atoms with van der Waals surface area (Å²) in [4.78, 5) is 17.9. The maximum atomic E-state index is 11.3. The largest absolute Gasteiger partial charge is 0.368 e. The van der Waals surface area contributed by atoms with Crippen LogP contribution in [0.25, 0.3) is 0 Å². The zero-order valence-electron chi connectivity index (χ0n) is 11.0. The van der Waals surface area contributed by atoms with Gasteiger partial charge < -0.3 is 16.0 Å². The number of fused-ring (bicyclic) bond motifs is 1. The number of rotatable bonds is 4. The van der Waals surface area contributed by atoms with Gasteiger partial charge in [-0.3, -0.25) is 9.69 Å². The number of primary amides is 1. The minimum Gasteiger partial charge on any atom is -0.368 e. The van der Waals surface area contributed by atoms with E-state index in [0.29, 0.717) is 6.42 Å². The second kappa shape index (κ2) is 4.70. The molecule has 2 atom stereocenters. The Morgan fingerprint density at radius 1 is 1.61 bits per heavy atom. The van der Waals surface area contributed by atoms with E-state index in [9.17, 15) is 4.79 Å². The van der Waals surface area contributed by atoms with Gasteiger partial charge in [-0.25, -0.2) is 4.98 Å². The van der Waals surface area contributed by atoms with E-state index in [1.807, 2.05) is 12.4 Å². The van der Waals surface area contributed by atoms with Crippen LogP contribution in [-0.2, 0) is 17.9 Å². The minimum absolute atomic E-state index is 0.206. The van der Waals surface area contributed by atoms with Crippen LogP contribution in [0.4, 0.5) is 0 Å². The van der Waals surface area contributed by atoms with Crippen LogP contribution in [0, 0.1) is 0 Å². The van der Waals surface area contributed by atoms with Gasteiger partial charge in [-0.15, -0.1) is 0 Å². The first-order chi connectivity index (χ1) is 8.40. The lowest BCUT2D eigenvalue weighted by molar-refractivity contribution is -0.123. The van der Waals surface area contributed by atoms with Gasteiger partial charge in [-0.1, -0.05) is 0 Å². The molecule has 0 radical (unpaired) electrons. The molecule has 1 aromatic rings. The van der Waals surface area contributed by atoms with Crippen LogP contribution < -0.4 is 11.5 Å². The van der Waals surface area contributed by atoms with Crippen LogP contribution in [0.3, 0.4) is 0 Å². The number of amides is 1. The van der Waals surface area contributed by atoms with Crippen molar-refractivity contribution >= 4 is 5.91 Å². The molecule has 6 heteroatoms. The van der Waals surface area contributed by atoms with Gasteiger partial charge >= 0.3 is 0 Å². The molecule has 0 aliphatic carbocycles. The molecule has 0 saturated carbocycles. The first-order valence-corrected chi connectivity index (χ1v) is 6.23. The van der Waals surface area contributed by atoms with Crippen molar-refractivity contribution in [1.82, 2.24) is 14.5 Å². The normalized spacial score (nSPS) is 21.1. The molecule has 0 aromatic carbocycles. The first-order valence-electron chi connectivity index (χ1n) is 6.23. The number of nitrogens with two attached hydrogens (primary N) is 2. The monoisotopic (exact) mass is 251 g/mol. The minimum atomic E-state index is -0.952. The molecule has 18 heavy (non-hydrogen) atoms. The molecule has 100 valence electrons. The van der Waals surface area contributed by atoms with E-state index in [2.05, 4.69) is 21.4 Å². The third-order valence-electron chi connectivity index (χ3n) is 3.68. The van der Waals surface area contributed by atoms with Crippen molar-refractivity contribution in [2.24, 2.45) is 11.5 Å². The van der Waals surface area contributed by atoms with Crippen molar-refractivity contribution in [2.75, 3.05) is 6.54 Å². The lowest BCUT2D eigenvalue weighted by atomic mass is 9.93. The highest BCUT2D eigenvalue weighted by Gasteiger charge is 2.31.